The van der Waals surface area contributed by atoms with Crippen molar-refractivity contribution in [1.29, 1.82) is 0 Å². The molecule has 4 rings (SSSR count). The molecule has 3 aromatic carbocycles. The average Bonchev–Trinajstić information content (AvgIpc) is 3.15. The standard InChI is InChI=1S/C39H43N5O7/c1-28(42-35(45)26-41-39(49)51-27-32-16-9-4-10-17-32)36(46)43-33(24-30-12-5-2-6-13-30)37(47)44-34(25-31-14-7-3-8-15-31)38(48)50-23-11-18-29-19-21-40-22-20-29/h2-10,12-17,19-22,28,33-34H,11,18,23-27H2,1H3,(H,41,49)(H,42,45)(H,43,46)(H,44,47)/t28-,33+,34+/m1/s1. The van der Waals surface area contributed by atoms with Crippen LogP contribution in [0.15, 0.2) is 116 Å². The van der Waals surface area contributed by atoms with Gasteiger partial charge in [-0.25, -0.2) is 9.59 Å². The Morgan fingerprint density at radius 3 is 1.78 bits per heavy atom. The molecule has 0 fully saturated rings. The van der Waals surface area contributed by atoms with E-state index in [4.69, 9.17) is 9.47 Å². The molecule has 12 nitrogen and oxygen atoms in total. The maximum atomic E-state index is 13.8. The number of amides is 4. The van der Waals surface area contributed by atoms with Crippen molar-refractivity contribution in [3.8, 4) is 0 Å². The number of carbonyl (C=O) groups excluding carboxylic acids is 5. The van der Waals surface area contributed by atoms with Crippen LogP contribution in [-0.4, -0.2) is 66.0 Å². The summed E-state index contributed by atoms with van der Waals surface area (Å²) in [5.41, 5.74) is 3.44. The van der Waals surface area contributed by atoms with Crippen molar-refractivity contribution >= 4 is 29.8 Å². The molecule has 266 valence electrons. The van der Waals surface area contributed by atoms with E-state index < -0.39 is 54.5 Å². The molecule has 0 spiro atoms. The summed E-state index contributed by atoms with van der Waals surface area (Å²) in [6, 6.07) is 28.0. The molecule has 4 N–H and O–H groups in total. The first-order chi connectivity index (χ1) is 24.8. The van der Waals surface area contributed by atoms with Crippen molar-refractivity contribution in [1.82, 2.24) is 26.3 Å². The molecular formula is C39H43N5O7. The van der Waals surface area contributed by atoms with Crippen molar-refractivity contribution < 1.29 is 33.4 Å². The summed E-state index contributed by atoms with van der Waals surface area (Å²) in [7, 11) is 0. The number of nitrogens with one attached hydrogen (secondary N) is 4. The molecule has 0 aliphatic carbocycles. The van der Waals surface area contributed by atoms with Gasteiger partial charge in [0, 0.05) is 25.2 Å². The van der Waals surface area contributed by atoms with E-state index >= 15 is 0 Å². The summed E-state index contributed by atoms with van der Waals surface area (Å²) in [6.45, 7) is 1.22. The first-order valence-electron chi connectivity index (χ1n) is 16.7. The van der Waals surface area contributed by atoms with Crippen LogP contribution in [-0.2, 0) is 54.5 Å². The molecule has 4 aromatic rings. The maximum absolute atomic E-state index is 13.8. The molecule has 12 heteroatoms. The fraction of sp³-hybridized carbons (Fsp3) is 0.282. The number of alkyl carbamates (subject to hydrolysis) is 1. The van der Waals surface area contributed by atoms with E-state index in [0.29, 0.717) is 12.8 Å². The van der Waals surface area contributed by atoms with Gasteiger partial charge in [-0.05, 0) is 54.2 Å². The Kier molecular flexibility index (Phi) is 15.2. The van der Waals surface area contributed by atoms with E-state index in [1.165, 1.54) is 6.92 Å². The van der Waals surface area contributed by atoms with Crippen LogP contribution in [0.25, 0.3) is 0 Å². The second kappa shape index (κ2) is 20.5. The number of nitrogens with zero attached hydrogens (tertiary/aromatic N) is 1. The van der Waals surface area contributed by atoms with Gasteiger partial charge in [0.05, 0.1) is 6.61 Å². The summed E-state index contributed by atoms with van der Waals surface area (Å²) < 4.78 is 10.7. The number of hydrogen-bond donors (Lipinski definition) is 4. The van der Waals surface area contributed by atoms with E-state index in [2.05, 4.69) is 26.3 Å². The van der Waals surface area contributed by atoms with E-state index in [1.807, 2.05) is 91.0 Å². The minimum atomic E-state index is -1.09. The number of benzene rings is 3. The molecule has 0 unspecified atom stereocenters. The topological polar surface area (TPSA) is 165 Å². The highest BCUT2D eigenvalue weighted by atomic mass is 16.5. The molecule has 1 heterocycles. The number of esters is 1. The van der Waals surface area contributed by atoms with Crippen molar-refractivity contribution in [3.63, 3.8) is 0 Å². The third kappa shape index (κ3) is 13.8. The Labute approximate surface area is 297 Å². The van der Waals surface area contributed by atoms with Gasteiger partial charge in [0.25, 0.3) is 0 Å². The highest BCUT2D eigenvalue weighted by Crippen LogP contribution is 2.09. The minimum absolute atomic E-state index is 0.0360. The smallest absolute Gasteiger partial charge is 0.407 e. The lowest BCUT2D eigenvalue weighted by atomic mass is 10.0. The Balaban J connectivity index is 1.35. The molecule has 0 aliphatic rings. The summed E-state index contributed by atoms with van der Waals surface area (Å²) in [5, 5.41) is 10.4. The fourth-order valence-corrected chi connectivity index (χ4v) is 5.05. The van der Waals surface area contributed by atoms with Crippen LogP contribution in [0, 0.1) is 0 Å². The Morgan fingerprint density at radius 1 is 0.627 bits per heavy atom. The van der Waals surface area contributed by atoms with Crippen LogP contribution < -0.4 is 21.3 Å². The largest absolute Gasteiger partial charge is 0.464 e. The molecule has 0 radical (unpaired) electrons. The van der Waals surface area contributed by atoms with E-state index in [-0.39, 0.29) is 26.1 Å². The zero-order valence-electron chi connectivity index (χ0n) is 28.5. The predicted octanol–water partition coefficient (Wildman–Crippen LogP) is 3.44. The Morgan fingerprint density at radius 2 is 1.18 bits per heavy atom. The van der Waals surface area contributed by atoms with Gasteiger partial charge < -0.3 is 30.7 Å². The highest BCUT2D eigenvalue weighted by molar-refractivity contribution is 5.94. The number of carbonyl (C=O) groups is 5. The summed E-state index contributed by atoms with van der Waals surface area (Å²) in [4.78, 5) is 69.0. The van der Waals surface area contributed by atoms with Gasteiger partial charge in [-0.15, -0.1) is 0 Å². The number of rotatable bonds is 18. The summed E-state index contributed by atoms with van der Waals surface area (Å²) in [6.07, 6.45) is 4.19. The first-order valence-corrected chi connectivity index (χ1v) is 16.7. The van der Waals surface area contributed by atoms with E-state index in [1.54, 1.807) is 24.5 Å². The lowest BCUT2D eigenvalue weighted by Crippen LogP contribution is -2.56. The molecule has 3 atom stereocenters. The fourth-order valence-electron chi connectivity index (χ4n) is 5.05. The van der Waals surface area contributed by atoms with Crippen molar-refractivity contribution in [2.24, 2.45) is 0 Å². The molecule has 1 aromatic heterocycles. The molecule has 0 bridgehead atoms. The highest BCUT2D eigenvalue weighted by Gasteiger charge is 2.29. The monoisotopic (exact) mass is 693 g/mol. The molecular weight excluding hydrogens is 650 g/mol. The van der Waals surface area contributed by atoms with Gasteiger partial charge in [-0.1, -0.05) is 91.0 Å². The quantitative estimate of drug-likeness (QED) is 0.0910. The van der Waals surface area contributed by atoms with Gasteiger partial charge >= 0.3 is 12.1 Å². The van der Waals surface area contributed by atoms with Crippen LogP contribution in [0.4, 0.5) is 4.79 Å². The minimum Gasteiger partial charge on any atom is -0.464 e. The zero-order chi connectivity index (χ0) is 36.3. The molecule has 0 saturated heterocycles. The number of aromatic nitrogens is 1. The average molecular weight is 694 g/mol. The number of pyridine rings is 1. The lowest BCUT2D eigenvalue weighted by molar-refractivity contribution is -0.148. The first kappa shape index (κ1) is 37.8. The second-order valence-corrected chi connectivity index (χ2v) is 11.8. The van der Waals surface area contributed by atoms with Crippen molar-refractivity contribution in [3.05, 3.63) is 138 Å². The molecule has 51 heavy (non-hydrogen) atoms. The zero-order valence-corrected chi connectivity index (χ0v) is 28.5. The van der Waals surface area contributed by atoms with Gasteiger partial charge in [-0.3, -0.25) is 19.4 Å². The van der Waals surface area contributed by atoms with Crippen LogP contribution in [0.2, 0.25) is 0 Å². The Bertz CT molecular complexity index is 1690. The second-order valence-electron chi connectivity index (χ2n) is 11.8. The third-order valence-electron chi connectivity index (χ3n) is 7.78. The number of ether oxygens (including phenoxy) is 2. The molecule has 0 saturated carbocycles. The molecule has 4 amide bonds. The van der Waals surface area contributed by atoms with Gasteiger partial charge in [0.2, 0.25) is 17.7 Å². The molecule has 0 aliphatic heterocycles. The number of hydrogen-bond acceptors (Lipinski definition) is 8. The Hall–Kier alpha value is -6.04. The van der Waals surface area contributed by atoms with Gasteiger partial charge in [-0.2, -0.15) is 0 Å². The van der Waals surface area contributed by atoms with Crippen LogP contribution >= 0.6 is 0 Å². The normalized spacial score (nSPS) is 12.3. The summed E-state index contributed by atoms with van der Waals surface area (Å²) in [5.74, 6) is -2.46. The van der Waals surface area contributed by atoms with E-state index in [9.17, 15) is 24.0 Å². The summed E-state index contributed by atoms with van der Waals surface area (Å²) >= 11 is 0. The van der Waals surface area contributed by atoms with E-state index in [0.717, 1.165) is 22.3 Å². The number of aryl methyl sites for hydroxylation is 1. The van der Waals surface area contributed by atoms with Crippen molar-refractivity contribution in [2.45, 2.75) is 57.3 Å². The van der Waals surface area contributed by atoms with Crippen LogP contribution in [0.1, 0.15) is 35.6 Å². The lowest BCUT2D eigenvalue weighted by Gasteiger charge is -2.24. The van der Waals surface area contributed by atoms with Crippen LogP contribution in [0.5, 0.6) is 0 Å². The third-order valence-corrected chi connectivity index (χ3v) is 7.78. The predicted molar refractivity (Wildman–Crippen MR) is 190 cm³/mol. The van der Waals surface area contributed by atoms with Crippen molar-refractivity contribution in [2.75, 3.05) is 13.2 Å². The van der Waals surface area contributed by atoms with Gasteiger partial charge in [0.1, 0.15) is 31.3 Å². The maximum Gasteiger partial charge on any atom is 0.407 e. The van der Waals surface area contributed by atoms with Crippen LogP contribution in [0.3, 0.4) is 0 Å². The SMILES string of the molecule is C[C@@H](NC(=O)CNC(=O)OCc1ccccc1)C(=O)N[C@@H](Cc1ccccc1)C(=O)N[C@@H](Cc1ccccc1)C(=O)OCCCc1ccncc1. The van der Waals surface area contributed by atoms with Gasteiger partial charge in [0.15, 0.2) is 0 Å².